The van der Waals surface area contributed by atoms with Gasteiger partial charge in [-0.25, -0.2) is 0 Å². The molecule has 0 spiro atoms. The molecule has 2 aromatic rings. The van der Waals surface area contributed by atoms with E-state index in [2.05, 4.69) is 22.3 Å². The predicted octanol–water partition coefficient (Wildman–Crippen LogP) is 3.18. The molecule has 1 aromatic heterocycles. The third kappa shape index (κ3) is 4.02. The highest BCUT2D eigenvalue weighted by atomic mass is 16.5. The fourth-order valence-corrected chi connectivity index (χ4v) is 2.15. The quantitative estimate of drug-likeness (QED) is 0.848. The summed E-state index contributed by atoms with van der Waals surface area (Å²) in [6.07, 6.45) is 4.41. The van der Waals surface area contributed by atoms with Gasteiger partial charge in [-0.2, -0.15) is 0 Å². The summed E-state index contributed by atoms with van der Waals surface area (Å²) >= 11 is 0. The van der Waals surface area contributed by atoms with Crippen LogP contribution in [0.2, 0.25) is 0 Å². The average Bonchev–Trinajstić information content (AvgIpc) is 3.21. The molecule has 3 rings (SSSR count). The van der Waals surface area contributed by atoms with Gasteiger partial charge >= 0.3 is 0 Å². The molecular formula is C17H22N2O2. The van der Waals surface area contributed by atoms with Gasteiger partial charge < -0.3 is 19.4 Å². The molecule has 4 heteroatoms. The van der Waals surface area contributed by atoms with Crippen molar-refractivity contribution in [3.05, 3.63) is 47.9 Å². The summed E-state index contributed by atoms with van der Waals surface area (Å²) in [6, 6.07) is 10.8. The Balaban J connectivity index is 1.53. The molecule has 0 atom stereocenters. The van der Waals surface area contributed by atoms with Crippen molar-refractivity contribution in [2.75, 3.05) is 19.0 Å². The van der Waals surface area contributed by atoms with E-state index in [-0.39, 0.29) is 0 Å². The summed E-state index contributed by atoms with van der Waals surface area (Å²) in [5.74, 6) is 1.72. The third-order valence-corrected chi connectivity index (χ3v) is 3.60. The number of ether oxygens (including phenoxy) is 1. The van der Waals surface area contributed by atoms with Crippen molar-refractivity contribution in [3.8, 4) is 5.75 Å². The molecule has 1 aromatic carbocycles. The maximum Gasteiger partial charge on any atom is 0.146 e. The fraction of sp³-hybridized carbons (Fsp3) is 0.412. The first-order valence-corrected chi connectivity index (χ1v) is 7.40. The van der Waals surface area contributed by atoms with Crippen molar-refractivity contribution in [2.24, 2.45) is 0 Å². The van der Waals surface area contributed by atoms with Crippen molar-refractivity contribution in [2.45, 2.75) is 32.0 Å². The standard InChI is InChI=1S/C17H22N2O2/c1-19(2)15-4-3-5-16(9-15)21-12-17-8-13(11-20-17)10-18-14-6-7-14/h3-5,8-9,11,14,18H,6-7,10,12H2,1-2H3. The Hall–Kier alpha value is -1.94. The molecule has 112 valence electrons. The van der Waals surface area contributed by atoms with Crippen LogP contribution in [0.15, 0.2) is 41.0 Å². The zero-order valence-corrected chi connectivity index (χ0v) is 12.6. The summed E-state index contributed by atoms with van der Waals surface area (Å²) in [5.41, 5.74) is 2.31. The van der Waals surface area contributed by atoms with E-state index in [1.807, 2.05) is 38.6 Å². The largest absolute Gasteiger partial charge is 0.486 e. The van der Waals surface area contributed by atoms with Crippen molar-refractivity contribution >= 4 is 5.69 Å². The Morgan fingerprint density at radius 3 is 2.90 bits per heavy atom. The first-order valence-electron chi connectivity index (χ1n) is 7.40. The summed E-state index contributed by atoms with van der Waals surface area (Å²) in [4.78, 5) is 2.06. The molecule has 1 saturated carbocycles. The van der Waals surface area contributed by atoms with Gasteiger partial charge in [0, 0.05) is 44.0 Å². The van der Waals surface area contributed by atoms with Crippen molar-refractivity contribution < 1.29 is 9.15 Å². The maximum absolute atomic E-state index is 5.79. The van der Waals surface area contributed by atoms with Crippen LogP contribution >= 0.6 is 0 Å². The lowest BCUT2D eigenvalue weighted by Crippen LogP contribution is -2.14. The molecule has 0 radical (unpaired) electrons. The first-order chi connectivity index (χ1) is 10.2. The van der Waals surface area contributed by atoms with E-state index < -0.39 is 0 Å². The molecule has 4 nitrogen and oxygen atoms in total. The highest BCUT2D eigenvalue weighted by molar-refractivity contribution is 5.49. The highest BCUT2D eigenvalue weighted by Crippen LogP contribution is 2.22. The predicted molar refractivity (Wildman–Crippen MR) is 83.7 cm³/mol. The Labute approximate surface area is 125 Å². The average molecular weight is 286 g/mol. The number of nitrogens with one attached hydrogen (secondary N) is 1. The molecule has 0 unspecified atom stereocenters. The Kier molecular flexibility index (Phi) is 4.15. The normalized spacial score (nSPS) is 14.2. The Morgan fingerprint density at radius 1 is 1.29 bits per heavy atom. The van der Waals surface area contributed by atoms with Gasteiger partial charge in [-0.1, -0.05) is 6.07 Å². The summed E-state index contributed by atoms with van der Waals surface area (Å²) < 4.78 is 11.3. The number of anilines is 1. The van der Waals surface area contributed by atoms with E-state index in [0.717, 1.165) is 23.7 Å². The Bertz CT molecular complexity index is 588. The SMILES string of the molecule is CN(C)c1cccc(OCc2cc(CNC3CC3)co2)c1. The second-order valence-corrected chi connectivity index (χ2v) is 5.76. The van der Waals surface area contributed by atoms with Crippen molar-refractivity contribution in [1.29, 1.82) is 0 Å². The van der Waals surface area contributed by atoms with Gasteiger partial charge in [0.1, 0.15) is 18.1 Å². The second-order valence-electron chi connectivity index (χ2n) is 5.76. The van der Waals surface area contributed by atoms with Gasteiger partial charge in [0.25, 0.3) is 0 Å². The van der Waals surface area contributed by atoms with Crippen molar-refractivity contribution in [1.82, 2.24) is 5.32 Å². The number of hydrogen-bond donors (Lipinski definition) is 1. The van der Waals surface area contributed by atoms with Gasteiger partial charge in [0.15, 0.2) is 0 Å². The van der Waals surface area contributed by atoms with Crippen LogP contribution in [0, 0.1) is 0 Å². The van der Waals surface area contributed by atoms with E-state index in [1.165, 1.54) is 18.4 Å². The van der Waals surface area contributed by atoms with Gasteiger partial charge in [-0.05, 0) is 31.0 Å². The summed E-state index contributed by atoms with van der Waals surface area (Å²) in [7, 11) is 4.04. The minimum atomic E-state index is 0.459. The number of rotatable bonds is 7. The van der Waals surface area contributed by atoms with E-state index in [0.29, 0.717) is 12.6 Å². The maximum atomic E-state index is 5.79. The van der Waals surface area contributed by atoms with Crippen LogP contribution in [0.4, 0.5) is 5.69 Å². The monoisotopic (exact) mass is 286 g/mol. The molecule has 0 aliphatic heterocycles. The number of benzene rings is 1. The lowest BCUT2D eigenvalue weighted by Gasteiger charge is -2.13. The van der Waals surface area contributed by atoms with E-state index in [4.69, 9.17) is 9.15 Å². The van der Waals surface area contributed by atoms with Crippen LogP contribution in [0.25, 0.3) is 0 Å². The molecule has 0 saturated heterocycles. The molecule has 1 heterocycles. The van der Waals surface area contributed by atoms with Crippen LogP contribution in [0.5, 0.6) is 5.75 Å². The van der Waals surface area contributed by atoms with Crippen LogP contribution < -0.4 is 15.0 Å². The van der Waals surface area contributed by atoms with Gasteiger partial charge in [-0.3, -0.25) is 0 Å². The van der Waals surface area contributed by atoms with E-state index >= 15 is 0 Å². The van der Waals surface area contributed by atoms with Gasteiger partial charge in [0.05, 0.1) is 6.26 Å². The lowest BCUT2D eigenvalue weighted by atomic mass is 10.3. The van der Waals surface area contributed by atoms with E-state index in [1.54, 1.807) is 0 Å². The minimum absolute atomic E-state index is 0.459. The fourth-order valence-electron chi connectivity index (χ4n) is 2.15. The highest BCUT2D eigenvalue weighted by Gasteiger charge is 2.20. The zero-order chi connectivity index (χ0) is 14.7. The molecule has 1 fully saturated rings. The van der Waals surface area contributed by atoms with Crippen LogP contribution in [0.1, 0.15) is 24.2 Å². The second kappa shape index (κ2) is 6.22. The topological polar surface area (TPSA) is 37.6 Å². The minimum Gasteiger partial charge on any atom is -0.486 e. The molecule has 1 aliphatic rings. The molecule has 0 amide bonds. The van der Waals surface area contributed by atoms with Gasteiger partial charge in [-0.15, -0.1) is 0 Å². The van der Waals surface area contributed by atoms with Crippen LogP contribution in [-0.4, -0.2) is 20.1 Å². The van der Waals surface area contributed by atoms with Crippen LogP contribution in [-0.2, 0) is 13.2 Å². The van der Waals surface area contributed by atoms with Gasteiger partial charge in [0.2, 0.25) is 0 Å². The zero-order valence-electron chi connectivity index (χ0n) is 12.6. The lowest BCUT2D eigenvalue weighted by molar-refractivity contribution is 0.270. The van der Waals surface area contributed by atoms with Crippen LogP contribution in [0.3, 0.4) is 0 Å². The molecule has 1 aliphatic carbocycles. The third-order valence-electron chi connectivity index (χ3n) is 3.60. The Morgan fingerprint density at radius 2 is 2.14 bits per heavy atom. The number of furan rings is 1. The summed E-state index contributed by atoms with van der Waals surface area (Å²) in [6.45, 7) is 1.34. The summed E-state index contributed by atoms with van der Waals surface area (Å²) in [5, 5.41) is 3.47. The number of nitrogens with zero attached hydrogens (tertiary/aromatic N) is 1. The first kappa shape index (κ1) is 14.0. The van der Waals surface area contributed by atoms with Crippen molar-refractivity contribution in [3.63, 3.8) is 0 Å². The number of hydrogen-bond acceptors (Lipinski definition) is 4. The molecule has 0 bridgehead atoms. The molecular weight excluding hydrogens is 264 g/mol. The molecule has 1 N–H and O–H groups in total. The van der Waals surface area contributed by atoms with E-state index in [9.17, 15) is 0 Å². The molecule has 21 heavy (non-hydrogen) atoms. The smallest absolute Gasteiger partial charge is 0.146 e.